The number of hydrogen-bond acceptors (Lipinski definition) is 3. The molecule has 0 bridgehead atoms. The van der Waals surface area contributed by atoms with Crippen LogP contribution >= 0.6 is 0 Å². The zero-order valence-electron chi connectivity index (χ0n) is 6.33. The van der Waals surface area contributed by atoms with Crippen LogP contribution in [0.1, 0.15) is 17.9 Å². The number of nitrogens with one attached hydrogen (secondary N) is 1. The highest BCUT2D eigenvalue weighted by molar-refractivity contribution is 5.12. The summed E-state index contributed by atoms with van der Waals surface area (Å²) in [6.45, 7) is 2.20. The number of rotatable bonds is 1. The lowest BCUT2D eigenvalue weighted by Gasteiger charge is -2.05. The maximum atomic E-state index is 3.99. The van der Waals surface area contributed by atoms with Crippen molar-refractivity contribution in [3.8, 4) is 0 Å². The van der Waals surface area contributed by atoms with E-state index < -0.39 is 0 Å². The minimum absolute atomic E-state index is 0.635. The van der Waals surface area contributed by atoms with Gasteiger partial charge in [-0.1, -0.05) is 0 Å². The van der Waals surface area contributed by atoms with Crippen molar-refractivity contribution < 1.29 is 0 Å². The molecule has 0 aliphatic carbocycles. The molecule has 0 saturated carbocycles. The van der Waals surface area contributed by atoms with Crippen LogP contribution in [0.5, 0.6) is 0 Å². The fourth-order valence-corrected chi connectivity index (χ4v) is 1.46. The third-order valence-electron chi connectivity index (χ3n) is 2.11. The number of nitrogens with zero attached hydrogens (tertiary/aromatic N) is 2. The molecule has 58 valence electrons. The molecular formula is C8H11N3. The molecular weight excluding hydrogens is 138 g/mol. The van der Waals surface area contributed by atoms with E-state index in [0.29, 0.717) is 5.92 Å². The third kappa shape index (κ3) is 1.38. The maximum absolute atomic E-state index is 3.99. The molecule has 1 aliphatic heterocycles. The van der Waals surface area contributed by atoms with Gasteiger partial charge in [0.1, 0.15) is 6.33 Å². The molecule has 3 heteroatoms. The van der Waals surface area contributed by atoms with Gasteiger partial charge in [-0.25, -0.2) is 9.97 Å². The predicted molar refractivity (Wildman–Crippen MR) is 42.3 cm³/mol. The molecule has 1 aromatic heterocycles. The molecule has 1 atom stereocenters. The Bertz CT molecular complexity index is 216. The van der Waals surface area contributed by atoms with Gasteiger partial charge in [0.25, 0.3) is 0 Å². The molecule has 0 spiro atoms. The van der Waals surface area contributed by atoms with Gasteiger partial charge in [-0.05, 0) is 18.5 Å². The summed E-state index contributed by atoms with van der Waals surface area (Å²) in [7, 11) is 0. The van der Waals surface area contributed by atoms with Crippen molar-refractivity contribution in [1.29, 1.82) is 0 Å². The fourth-order valence-electron chi connectivity index (χ4n) is 1.46. The highest BCUT2D eigenvalue weighted by Crippen LogP contribution is 2.19. The first-order valence-electron chi connectivity index (χ1n) is 3.92. The summed E-state index contributed by atoms with van der Waals surface area (Å²) in [6.07, 6.45) is 6.61. The molecule has 11 heavy (non-hydrogen) atoms. The highest BCUT2D eigenvalue weighted by atomic mass is 14.9. The summed E-state index contributed by atoms with van der Waals surface area (Å²) in [5.41, 5.74) is 1.26. The van der Waals surface area contributed by atoms with Crippen LogP contribution in [0.3, 0.4) is 0 Å². The maximum Gasteiger partial charge on any atom is 0.115 e. The zero-order valence-corrected chi connectivity index (χ0v) is 6.33. The van der Waals surface area contributed by atoms with Gasteiger partial charge in [0.15, 0.2) is 0 Å². The van der Waals surface area contributed by atoms with Crippen LogP contribution in [0, 0.1) is 0 Å². The molecule has 1 N–H and O–H groups in total. The predicted octanol–water partition coefficient (Wildman–Crippen LogP) is 0.553. The van der Waals surface area contributed by atoms with E-state index in [-0.39, 0.29) is 0 Å². The van der Waals surface area contributed by atoms with E-state index in [4.69, 9.17) is 0 Å². The average Bonchev–Trinajstić information content (AvgIpc) is 2.58. The Labute approximate surface area is 65.9 Å². The van der Waals surface area contributed by atoms with Crippen LogP contribution in [0.15, 0.2) is 18.7 Å². The standard InChI is InChI=1S/C8H11N3/c1-2-9-3-7(1)8-4-10-6-11-5-8/h4-7,9H,1-3H2/t7-/m0/s1. The Kier molecular flexibility index (Phi) is 1.81. The third-order valence-corrected chi connectivity index (χ3v) is 2.11. The molecule has 1 fully saturated rings. The largest absolute Gasteiger partial charge is 0.316 e. The van der Waals surface area contributed by atoms with Crippen molar-refractivity contribution in [3.05, 3.63) is 24.3 Å². The Morgan fingerprint density at radius 2 is 2.18 bits per heavy atom. The van der Waals surface area contributed by atoms with E-state index >= 15 is 0 Å². The summed E-state index contributed by atoms with van der Waals surface area (Å²) in [5, 5.41) is 3.32. The molecule has 0 unspecified atom stereocenters. The van der Waals surface area contributed by atoms with Crippen molar-refractivity contribution in [2.75, 3.05) is 13.1 Å². The second-order valence-electron chi connectivity index (χ2n) is 2.86. The van der Waals surface area contributed by atoms with Gasteiger partial charge in [0, 0.05) is 24.9 Å². The second-order valence-corrected chi connectivity index (χ2v) is 2.86. The van der Waals surface area contributed by atoms with Crippen LogP contribution in [-0.2, 0) is 0 Å². The van der Waals surface area contributed by atoms with Gasteiger partial charge in [0.2, 0.25) is 0 Å². The Morgan fingerprint density at radius 3 is 2.82 bits per heavy atom. The molecule has 2 rings (SSSR count). The van der Waals surface area contributed by atoms with Gasteiger partial charge in [0.05, 0.1) is 0 Å². The number of aromatic nitrogens is 2. The second kappa shape index (κ2) is 2.96. The normalized spacial score (nSPS) is 23.8. The lowest BCUT2D eigenvalue weighted by molar-refractivity contribution is 0.752. The summed E-state index contributed by atoms with van der Waals surface area (Å²) in [6, 6.07) is 0. The number of hydrogen-bond donors (Lipinski definition) is 1. The Hall–Kier alpha value is -0.960. The van der Waals surface area contributed by atoms with Crippen molar-refractivity contribution in [2.24, 2.45) is 0 Å². The summed E-state index contributed by atoms with van der Waals surface area (Å²) in [4.78, 5) is 7.98. The van der Waals surface area contributed by atoms with E-state index in [1.54, 1.807) is 6.33 Å². The minimum atomic E-state index is 0.635. The highest BCUT2D eigenvalue weighted by Gasteiger charge is 2.16. The van der Waals surface area contributed by atoms with Gasteiger partial charge in [-0.3, -0.25) is 0 Å². The molecule has 0 amide bonds. The van der Waals surface area contributed by atoms with Gasteiger partial charge in [-0.15, -0.1) is 0 Å². The fraction of sp³-hybridized carbons (Fsp3) is 0.500. The van der Waals surface area contributed by atoms with Crippen LogP contribution in [0.25, 0.3) is 0 Å². The zero-order chi connectivity index (χ0) is 7.52. The SMILES string of the molecule is c1ncc([C@H]2CCNC2)cn1. The summed E-state index contributed by atoms with van der Waals surface area (Å²) >= 11 is 0. The molecule has 3 nitrogen and oxygen atoms in total. The summed E-state index contributed by atoms with van der Waals surface area (Å²) < 4.78 is 0. The lowest BCUT2D eigenvalue weighted by atomic mass is 10.0. The van der Waals surface area contributed by atoms with Crippen LogP contribution in [0.2, 0.25) is 0 Å². The van der Waals surface area contributed by atoms with E-state index in [1.165, 1.54) is 12.0 Å². The topological polar surface area (TPSA) is 37.8 Å². The lowest BCUT2D eigenvalue weighted by Crippen LogP contribution is -2.08. The van der Waals surface area contributed by atoms with Crippen molar-refractivity contribution in [1.82, 2.24) is 15.3 Å². The van der Waals surface area contributed by atoms with E-state index in [2.05, 4.69) is 15.3 Å². The van der Waals surface area contributed by atoms with Crippen molar-refractivity contribution >= 4 is 0 Å². The van der Waals surface area contributed by atoms with Crippen LogP contribution in [-0.4, -0.2) is 23.1 Å². The first-order chi connectivity index (χ1) is 5.47. The van der Waals surface area contributed by atoms with E-state index in [9.17, 15) is 0 Å². The Balaban J connectivity index is 2.16. The summed E-state index contributed by atoms with van der Waals surface area (Å²) in [5.74, 6) is 0.635. The average molecular weight is 149 g/mol. The van der Waals surface area contributed by atoms with Crippen LogP contribution < -0.4 is 5.32 Å². The van der Waals surface area contributed by atoms with Gasteiger partial charge in [-0.2, -0.15) is 0 Å². The first kappa shape index (κ1) is 6.73. The molecule has 1 saturated heterocycles. The smallest absolute Gasteiger partial charge is 0.115 e. The van der Waals surface area contributed by atoms with Crippen LogP contribution in [0.4, 0.5) is 0 Å². The van der Waals surface area contributed by atoms with Crippen molar-refractivity contribution in [2.45, 2.75) is 12.3 Å². The molecule has 1 aliphatic rings. The molecule has 1 aromatic rings. The molecule has 2 heterocycles. The van der Waals surface area contributed by atoms with E-state index in [1.807, 2.05) is 12.4 Å². The Morgan fingerprint density at radius 1 is 1.36 bits per heavy atom. The van der Waals surface area contributed by atoms with Gasteiger partial charge < -0.3 is 5.32 Å². The molecule has 0 aromatic carbocycles. The quantitative estimate of drug-likeness (QED) is 0.633. The monoisotopic (exact) mass is 149 g/mol. The van der Waals surface area contributed by atoms with Crippen molar-refractivity contribution in [3.63, 3.8) is 0 Å². The van der Waals surface area contributed by atoms with E-state index in [0.717, 1.165) is 13.1 Å². The first-order valence-corrected chi connectivity index (χ1v) is 3.92. The minimum Gasteiger partial charge on any atom is -0.316 e. The molecule has 0 radical (unpaired) electrons. The van der Waals surface area contributed by atoms with Gasteiger partial charge >= 0.3 is 0 Å².